The van der Waals surface area contributed by atoms with Crippen LogP contribution in [0.5, 0.6) is 0 Å². The largest absolute Gasteiger partial charge is 0.379 e. The minimum absolute atomic E-state index is 0.108. The number of aromatic nitrogens is 1. The summed E-state index contributed by atoms with van der Waals surface area (Å²) in [5.74, 6) is -0.284. The van der Waals surface area contributed by atoms with E-state index < -0.39 is 22.0 Å². The summed E-state index contributed by atoms with van der Waals surface area (Å²) in [6.45, 7) is 1.65. The lowest BCUT2D eigenvalue weighted by Crippen LogP contribution is -2.41. The molecule has 0 bridgehead atoms. The molecule has 0 aliphatic heterocycles. The van der Waals surface area contributed by atoms with Crippen molar-refractivity contribution in [3.8, 4) is 0 Å². The van der Waals surface area contributed by atoms with Crippen molar-refractivity contribution in [2.75, 3.05) is 12.9 Å². The van der Waals surface area contributed by atoms with Gasteiger partial charge in [-0.3, -0.25) is 4.98 Å². The van der Waals surface area contributed by atoms with Crippen molar-refractivity contribution in [1.29, 1.82) is 0 Å². The first kappa shape index (κ1) is 16.8. The van der Waals surface area contributed by atoms with E-state index >= 15 is 0 Å². The molecule has 2 unspecified atom stereocenters. The summed E-state index contributed by atoms with van der Waals surface area (Å²) < 4.78 is 29.7. The summed E-state index contributed by atoms with van der Waals surface area (Å²) in [5, 5.41) is 9.81. The minimum atomic E-state index is -3.39. The molecule has 1 heterocycles. The van der Waals surface area contributed by atoms with Crippen molar-refractivity contribution >= 4 is 20.7 Å². The van der Waals surface area contributed by atoms with E-state index in [0.29, 0.717) is 5.56 Å². The summed E-state index contributed by atoms with van der Waals surface area (Å²) in [7, 11) is -1.96. The fourth-order valence-electron chi connectivity index (χ4n) is 2.26. The van der Waals surface area contributed by atoms with Gasteiger partial charge in [0.1, 0.15) is 0 Å². The van der Waals surface area contributed by atoms with E-state index in [1.54, 1.807) is 13.1 Å². The second-order valence-corrected chi connectivity index (χ2v) is 7.39. The standard InChI is InChI=1S/C15H20N2O4S/c1-11(17-18)15(21-2)10-22(19,20)9-12-7-13-5-3-4-6-14(13)16-8-12/h3-8,11,15,17-18H,9-10H2,1-2H3. The van der Waals surface area contributed by atoms with Gasteiger partial charge in [0.25, 0.3) is 0 Å². The van der Waals surface area contributed by atoms with Crippen LogP contribution in [0.4, 0.5) is 0 Å². The van der Waals surface area contributed by atoms with Crippen LogP contribution in [0.1, 0.15) is 12.5 Å². The number of nitrogens with zero attached hydrogens (tertiary/aromatic N) is 1. The average Bonchev–Trinajstić information content (AvgIpc) is 2.51. The zero-order valence-corrected chi connectivity index (χ0v) is 13.4. The Morgan fingerprint density at radius 2 is 2.09 bits per heavy atom. The Balaban J connectivity index is 2.16. The second-order valence-electron chi connectivity index (χ2n) is 5.28. The molecule has 0 aliphatic rings. The molecule has 22 heavy (non-hydrogen) atoms. The van der Waals surface area contributed by atoms with Gasteiger partial charge in [-0.25, -0.2) is 13.9 Å². The molecule has 7 heteroatoms. The van der Waals surface area contributed by atoms with Crippen molar-refractivity contribution in [3.05, 3.63) is 42.1 Å². The second kappa shape index (κ2) is 7.15. The number of fused-ring (bicyclic) bond motifs is 1. The molecule has 0 aliphatic carbocycles. The summed E-state index contributed by atoms with van der Waals surface area (Å²) in [6.07, 6.45) is 0.957. The number of benzene rings is 1. The molecular formula is C15H20N2O4S. The number of hydroxylamine groups is 1. The summed E-state index contributed by atoms with van der Waals surface area (Å²) in [5.41, 5.74) is 3.49. The van der Waals surface area contributed by atoms with Crippen molar-refractivity contribution in [3.63, 3.8) is 0 Å². The zero-order valence-electron chi connectivity index (χ0n) is 12.6. The van der Waals surface area contributed by atoms with E-state index in [2.05, 4.69) is 4.98 Å². The SMILES string of the molecule is COC(CS(=O)(=O)Cc1cnc2ccccc2c1)C(C)NO. The van der Waals surface area contributed by atoms with Crippen LogP contribution in [0, 0.1) is 0 Å². The number of ether oxygens (including phenoxy) is 1. The highest BCUT2D eigenvalue weighted by molar-refractivity contribution is 7.90. The number of hydrogen-bond donors (Lipinski definition) is 2. The third kappa shape index (κ3) is 4.23. The lowest BCUT2D eigenvalue weighted by molar-refractivity contribution is 0.0301. The quantitative estimate of drug-likeness (QED) is 0.751. The van der Waals surface area contributed by atoms with Crippen LogP contribution in [-0.2, 0) is 20.3 Å². The highest BCUT2D eigenvalue weighted by Crippen LogP contribution is 2.16. The van der Waals surface area contributed by atoms with Crippen LogP contribution >= 0.6 is 0 Å². The van der Waals surface area contributed by atoms with Gasteiger partial charge in [-0.15, -0.1) is 0 Å². The molecule has 1 aromatic heterocycles. The van der Waals surface area contributed by atoms with E-state index in [1.165, 1.54) is 7.11 Å². The van der Waals surface area contributed by atoms with E-state index in [4.69, 9.17) is 9.94 Å². The maximum Gasteiger partial charge on any atom is 0.157 e. The maximum absolute atomic E-state index is 12.3. The van der Waals surface area contributed by atoms with E-state index in [1.807, 2.05) is 35.8 Å². The lowest BCUT2D eigenvalue weighted by Gasteiger charge is -2.21. The predicted octanol–water partition coefficient (Wildman–Crippen LogP) is 1.53. The van der Waals surface area contributed by atoms with Crippen LogP contribution in [0.3, 0.4) is 0 Å². The highest BCUT2D eigenvalue weighted by Gasteiger charge is 2.24. The molecule has 2 rings (SSSR count). The number of methoxy groups -OCH3 is 1. The van der Waals surface area contributed by atoms with Crippen molar-refractivity contribution in [1.82, 2.24) is 10.5 Å². The molecule has 120 valence electrons. The Hall–Kier alpha value is -1.54. The molecule has 0 radical (unpaired) electrons. The molecule has 2 aromatic rings. The fraction of sp³-hybridized carbons (Fsp3) is 0.400. The highest BCUT2D eigenvalue weighted by atomic mass is 32.2. The first-order valence-electron chi connectivity index (χ1n) is 6.91. The third-order valence-electron chi connectivity index (χ3n) is 3.52. The Labute approximate surface area is 130 Å². The molecule has 6 nitrogen and oxygen atoms in total. The maximum atomic E-state index is 12.3. The fourth-order valence-corrected chi connectivity index (χ4v) is 3.97. The van der Waals surface area contributed by atoms with E-state index in [9.17, 15) is 8.42 Å². The van der Waals surface area contributed by atoms with Gasteiger partial charge in [-0.1, -0.05) is 18.2 Å². The molecule has 0 saturated heterocycles. The summed E-state index contributed by atoms with van der Waals surface area (Å²) in [4.78, 5) is 4.27. The first-order chi connectivity index (χ1) is 10.4. The van der Waals surface area contributed by atoms with Crippen LogP contribution in [0.15, 0.2) is 36.5 Å². The molecule has 1 aromatic carbocycles. The van der Waals surface area contributed by atoms with E-state index in [0.717, 1.165) is 10.9 Å². The monoisotopic (exact) mass is 324 g/mol. The van der Waals surface area contributed by atoms with Crippen molar-refractivity contribution < 1.29 is 18.4 Å². The minimum Gasteiger partial charge on any atom is -0.379 e. The Bertz CT molecular complexity index is 733. The van der Waals surface area contributed by atoms with Gasteiger partial charge in [0, 0.05) is 18.7 Å². The van der Waals surface area contributed by atoms with Crippen LogP contribution in [0.2, 0.25) is 0 Å². The zero-order chi connectivity index (χ0) is 16.2. The number of hydrogen-bond acceptors (Lipinski definition) is 6. The molecule has 0 spiro atoms. The van der Waals surface area contributed by atoms with Crippen LogP contribution in [0.25, 0.3) is 10.9 Å². The molecule has 0 saturated carbocycles. The van der Waals surface area contributed by atoms with Gasteiger partial charge in [0.2, 0.25) is 0 Å². The molecular weight excluding hydrogens is 304 g/mol. The molecule has 2 atom stereocenters. The lowest BCUT2D eigenvalue weighted by atomic mass is 10.2. The van der Waals surface area contributed by atoms with Crippen LogP contribution in [-0.4, -0.2) is 43.6 Å². The van der Waals surface area contributed by atoms with Gasteiger partial charge >= 0.3 is 0 Å². The van der Waals surface area contributed by atoms with E-state index in [-0.39, 0.29) is 11.5 Å². The number of pyridine rings is 1. The normalized spacial score (nSPS) is 14.9. The number of para-hydroxylation sites is 1. The van der Waals surface area contributed by atoms with Gasteiger partial charge in [0.05, 0.1) is 29.2 Å². The van der Waals surface area contributed by atoms with Gasteiger partial charge in [-0.2, -0.15) is 0 Å². The number of nitrogens with one attached hydrogen (secondary N) is 1. The Morgan fingerprint density at radius 3 is 2.77 bits per heavy atom. The topological polar surface area (TPSA) is 88.5 Å². The average molecular weight is 324 g/mol. The smallest absolute Gasteiger partial charge is 0.157 e. The first-order valence-corrected chi connectivity index (χ1v) is 8.74. The van der Waals surface area contributed by atoms with Gasteiger partial charge in [0.15, 0.2) is 9.84 Å². The van der Waals surface area contributed by atoms with Crippen molar-refractivity contribution in [2.45, 2.75) is 24.8 Å². The summed E-state index contributed by atoms with van der Waals surface area (Å²) >= 11 is 0. The van der Waals surface area contributed by atoms with Gasteiger partial charge < -0.3 is 9.94 Å². The molecule has 2 N–H and O–H groups in total. The molecule has 0 amide bonds. The summed E-state index contributed by atoms with van der Waals surface area (Å²) in [6, 6.07) is 8.90. The number of sulfone groups is 1. The van der Waals surface area contributed by atoms with Crippen LogP contribution < -0.4 is 5.48 Å². The van der Waals surface area contributed by atoms with Gasteiger partial charge in [-0.05, 0) is 24.6 Å². The third-order valence-corrected chi connectivity index (χ3v) is 5.13. The van der Waals surface area contributed by atoms with Crippen molar-refractivity contribution in [2.24, 2.45) is 0 Å². The predicted molar refractivity (Wildman–Crippen MR) is 84.4 cm³/mol. The Kier molecular flexibility index (Phi) is 5.47. The Morgan fingerprint density at radius 1 is 1.36 bits per heavy atom. The molecule has 0 fully saturated rings. The number of rotatable bonds is 7.